The highest BCUT2D eigenvalue weighted by Gasteiger charge is 2.49. The smallest absolute Gasteiger partial charge is 0.430 e. The number of cyclic esters (lactones) is 1. The number of carbonyl (C=O) groups excluding carboxylic acids is 1. The molecule has 0 N–H and O–H groups in total. The summed E-state index contributed by atoms with van der Waals surface area (Å²) in [6.45, 7) is 0. The van der Waals surface area contributed by atoms with Gasteiger partial charge in [-0.1, -0.05) is 42.3 Å². The van der Waals surface area contributed by atoms with Crippen LogP contribution in [0.2, 0.25) is 5.02 Å². The van der Waals surface area contributed by atoms with E-state index < -0.39 is 18.4 Å². The fourth-order valence-electron chi connectivity index (χ4n) is 2.28. The van der Waals surface area contributed by atoms with Crippen molar-refractivity contribution in [2.45, 2.75) is 12.3 Å². The van der Waals surface area contributed by atoms with E-state index in [4.69, 9.17) is 18.0 Å². The number of rotatable bonds is 0. The minimum Gasteiger partial charge on any atom is -0.430 e. The van der Waals surface area contributed by atoms with Crippen molar-refractivity contribution in [2.24, 2.45) is 0 Å². The summed E-state index contributed by atoms with van der Waals surface area (Å²) in [6.07, 6.45) is -3.26. The normalized spacial score (nSPS) is 17.0. The molecule has 0 saturated heterocycles. The zero-order valence-electron chi connectivity index (χ0n) is 12.0. The predicted octanol–water partition coefficient (Wildman–Crippen LogP) is 5.16. The van der Waals surface area contributed by atoms with Gasteiger partial charge in [-0.15, -0.1) is 0 Å². The summed E-state index contributed by atoms with van der Waals surface area (Å²) in [5, 5.41) is 0.0953. The second-order valence-corrected chi connectivity index (χ2v) is 5.49. The molecule has 0 spiro atoms. The summed E-state index contributed by atoms with van der Waals surface area (Å²) in [7, 11) is 0. The molecule has 1 aromatic rings. The molecule has 24 heavy (non-hydrogen) atoms. The van der Waals surface area contributed by atoms with E-state index in [1.165, 1.54) is 23.3 Å². The Morgan fingerprint density at radius 2 is 1.71 bits per heavy atom. The molecule has 0 radical (unpaired) electrons. The third-order valence-electron chi connectivity index (χ3n) is 3.56. The van der Waals surface area contributed by atoms with Crippen LogP contribution < -0.4 is 4.90 Å². The quantitative estimate of drug-likeness (QED) is 0.524. The number of nitrogens with zero attached hydrogens (tertiary/aromatic N) is 1. The molecule has 3 nitrogen and oxygen atoms in total. The Bertz CT molecular complexity index is 819. The van der Waals surface area contributed by atoms with Crippen LogP contribution in [0.3, 0.4) is 0 Å². The Labute approximate surface area is 140 Å². The van der Waals surface area contributed by atoms with Crippen LogP contribution in [0.25, 0.3) is 11.1 Å². The van der Waals surface area contributed by atoms with Gasteiger partial charge in [-0.25, -0.2) is 9.69 Å². The average molecular weight is 352 g/mol. The monoisotopic (exact) mass is 351 g/mol. The minimum atomic E-state index is -4.73. The maximum atomic E-state index is 12.8. The molecule has 0 fully saturated rings. The van der Waals surface area contributed by atoms with Gasteiger partial charge in [0.1, 0.15) is 0 Å². The Hall–Kier alpha value is -2.65. The third kappa shape index (κ3) is 2.79. The highest BCUT2D eigenvalue weighted by atomic mass is 35.5. The van der Waals surface area contributed by atoms with Crippen LogP contribution in [0.15, 0.2) is 42.5 Å². The number of hydrogen-bond acceptors (Lipinski definition) is 2. The second kappa shape index (κ2) is 5.77. The van der Waals surface area contributed by atoms with Gasteiger partial charge in [0.15, 0.2) is 0 Å². The van der Waals surface area contributed by atoms with Crippen LogP contribution in [-0.2, 0) is 4.74 Å². The van der Waals surface area contributed by atoms with Crippen LogP contribution in [0.4, 0.5) is 23.7 Å². The zero-order valence-corrected chi connectivity index (χ0v) is 12.7. The molecule has 1 aliphatic heterocycles. The van der Waals surface area contributed by atoms with Crippen molar-refractivity contribution >= 4 is 23.4 Å². The minimum absolute atomic E-state index is 0.0551. The van der Waals surface area contributed by atoms with Crippen molar-refractivity contribution in [1.29, 1.82) is 0 Å². The lowest BCUT2D eigenvalue weighted by molar-refractivity contribution is -0.206. The number of fused-ring (bicyclic) bond motifs is 2. The largest absolute Gasteiger partial charge is 0.430 e. The molecule has 0 aromatic heterocycles. The van der Waals surface area contributed by atoms with Gasteiger partial charge in [-0.3, -0.25) is 0 Å². The fourth-order valence-corrected chi connectivity index (χ4v) is 2.46. The first-order chi connectivity index (χ1) is 11.3. The van der Waals surface area contributed by atoms with E-state index in [9.17, 15) is 18.0 Å². The summed E-state index contributed by atoms with van der Waals surface area (Å²) < 4.78 is 42.6. The molecule has 122 valence electrons. The van der Waals surface area contributed by atoms with Crippen molar-refractivity contribution in [3.63, 3.8) is 0 Å². The zero-order chi connectivity index (χ0) is 17.5. The first kappa shape index (κ1) is 16.2. The van der Waals surface area contributed by atoms with Crippen LogP contribution in [0.5, 0.6) is 0 Å². The molecule has 1 aromatic carbocycles. The molecule has 0 saturated carbocycles. The first-order valence-corrected chi connectivity index (χ1v) is 7.12. The van der Waals surface area contributed by atoms with E-state index in [1.54, 1.807) is 0 Å². The number of hydrogen-bond donors (Lipinski definition) is 0. The van der Waals surface area contributed by atoms with E-state index >= 15 is 0 Å². The number of halogens is 4. The van der Waals surface area contributed by atoms with Crippen LogP contribution in [0.1, 0.15) is 11.7 Å². The summed E-state index contributed by atoms with van der Waals surface area (Å²) in [4.78, 5) is 12.0. The fraction of sp³-hybridized carbons (Fsp3) is 0.118. The van der Waals surface area contributed by atoms with E-state index in [-0.39, 0.29) is 16.3 Å². The lowest BCUT2D eigenvalue weighted by Gasteiger charge is -2.31. The molecule has 7 heteroatoms. The summed E-state index contributed by atoms with van der Waals surface area (Å²) in [5.74, 6) is 0. The Kier molecular flexibility index (Phi) is 3.90. The maximum absolute atomic E-state index is 12.8. The molecule has 2 aliphatic carbocycles. The van der Waals surface area contributed by atoms with Gasteiger partial charge in [-0.05, 0) is 29.3 Å². The summed E-state index contributed by atoms with van der Waals surface area (Å²) in [5.41, 5.74) is 2.51. The lowest BCUT2D eigenvalue weighted by Crippen LogP contribution is -2.38. The van der Waals surface area contributed by atoms with Crippen molar-refractivity contribution in [1.82, 2.24) is 0 Å². The van der Waals surface area contributed by atoms with E-state index in [0.29, 0.717) is 4.90 Å². The van der Waals surface area contributed by atoms with Crippen molar-refractivity contribution in [3.05, 3.63) is 53.1 Å². The highest BCUT2D eigenvalue weighted by Crippen LogP contribution is 2.44. The Morgan fingerprint density at radius 3 is 2.12 bits per heavy atom. The standard InChI is InChI=1S/C11H5ClF3NO2.C6H4/c1-2-16-8-4-3-6(12)5-7(8)9(11(13,14)15)18-10(16)17;1-2-6-4-3-5(1)6/h1,3-5,9H;1-4H. The Morgan fingerprint density at radius 1 is 1.12 bits per heavy atom. The van der Waals surface area contributed by atoms with Gasteiger partial charge >= 0.3 is 12.3 Å². The predicted molar refractivity (Wildman–Crippen MR) is 83.5 cm³/mol. The number of amides is 1. The third-order valence-corrected chi connectivity index (χ3v) is 3.79. The van der Waals surface area contributed by atoms with Crippen LogP contribution in [0, 0.1) is 12.5 Å². The van der Waals surface area contributed by atoms with Crippen molar-refractivity contribution in [3.8, 4) is 23.6 Å². The molecule has 3 aliphatic rings. The van der Waals surface area contributed by atoms with Gasteiger partial charge in [0, 0.05) is 16.6 Å². The number of alkyl halides is 3. The summed E-state index contributed by atoms with van der Waals surface area (Å²) >= 11 is 5.64. The number of benzene rings is 2. The average Bonchev–Trinajstić information content (AvgIpc) is 2.50. The number of ether oxygens (including phenoxy) is 1. The second-order valence-electron chi connectivity index (χ2n) is 5.05. The molecule has 1 unspecified atom stereocenters. The number of anilines is 1. The Balaban J connectivity index is 0.000000231. The molecule has 1 heterocycles. The number of terminal acetylenes is 1. The van der Waals surface area contributed by atoms with Gasteiger partial charge < -0.3 is 4.74 Å². The highest BCUT2D eigenvalue weighted by molar-refractivity contribution is 6.30. The van der Waals surface area contributed by atoms with Gasteiger partial charge in [0.05, 0.1) is 5.69 Å². The number of carbonyl (C=O) groups is 1. The summed E-state index contributed by atoms with van der Waals surface area (Å²) in [6, 6.07) is 14.1. The first-order valence-electron chi connectivity index (χ1n) is 6.75. The van der Waals surface area contributed by atoms with E-state index in [0.717, 1.165) is 6.07 Å². The van der Waals surface area contributed by atoms with Crippen LogP contribution in [-0.4, -0.2) is 12.3 Å². The van der Waals surface area contributed by atoms with E-state index in [1.807, 2.05) is 6.04 Å². The maximum Gasteiger partial charge on any atom is 0.430 e. The lowest BCUT2D eigenvalue weighted by atomic mass is 9.95. The SMILES string of the molecule is C#CN1C(=O)OC(C(F)(F)F)c2cc(Cl)ccc21.c1cc2ccc1-2. The molecular weight excluding hydrogens is 343 g/mol. The van der Waals surface area contributed by atoms with Gasteiger partial charge in [0.25, 0.3) is 0 Å². The molecule has 1 amide bonds. The topological polar surface area (TPSA) is 29.5 Å². The molecule has 4 rings (SSSR count). The molecule has 1 atom stereocenters. The van der Waals surface area contributed by atoms with Gasteiger partial charge in [0.2, 0.25) is 6.10 Å². The van der Waals surface area contributed by atoms with Gasteiger partial charge in [-0.2, -0.15) is 13.2 Å². The molecule has 0 bridgehead atoms. The van der Waals surface area contributed by atoms with Crippen LogP contribution >= 0.6 is 11.6 Å². The van der Waals surface area contributed by atoms with E-state index in [2.05, 4.69) is 29.0 Å². The van der Waals surface area contributed by atoms with Crippen molar-refractivity contribution in [2.75, 3.05) is 4.90 Å². The molecular formula is C17H9ClF3NO2. The van der Waals surface area contributed by atoms with Crippen molar-refractivity contribution < 1.29 is 22.7 Å².